The first-order chi connectivity index (χ1) is 10.4. The molecule has 23 heavy (non-hydrogen) atoms. The molecule has 6 heteroatoms. The minimum Gasteiger partial charge on any atom is -0.329 e. The Hall–Kier alpha value is -1.40. The van der Waals surface area contributed by atoms with Gasteiger partial charge in [0.2, 0.25) is 10.0 Å². The fourth-order valence-corrected chi connectivity index (χ4v) is 4.09. The van der Waals surface area contributed by atoms with Crippen LogP contribution < -0.4 is 5.73 Å². The van der Waals surface area contributed by atoms with Crippen molar-refractivity contribution in [2.45, 2.75) is 25.3 Å². The zero-order valence-electron chi connectivity index (χ0n) is 13.4. The Bertz CT molecular complexity index is 734. The molecule has 2 rings (SSSR count). The molecule has 0 saturated heterocycles. The average Bonchev–Trinajstić information content (AvgIpc) is 2.50. The van der Waals surface area contributed by atoms with Gasteiger partial charge in [-0.2, -0.15) is 4.31 Å². The molecule has 2 aromatic carbocycles. The molecule has 0 aliphatic heterocycles. The fourth-order valence-electron chi connectivity index (χ4n) is 2.34. The molecule has 0 saturated carbocycles. The molecule has 2 N–H and O–H groups in total. The standard InChI is InChI=1S/C17H22N2O2S.ClH/c1-14-8-9-15(2)17(12-14)22(20,21)19(11-10-18)13-16-6-4-3-5-7-16;/h3-9,12H,10-11,13,18H2,1-2H3;1H. The monoisotopic (exact) mass is 354 g/mol. The van der Waals surface area contributed by atoms with Gasteiger partial charge in [-0.1, -0.05) is 42.5 Å². The molecule has 126 valence electrons. The number of benzene rings is 2. The predicted octanol–water partition coefficient (Wildman–Crippen LogP) is 2.87. The number of aryl methyl sites for hydroxylation is 2. The Balaban J connectivity index is 0.00000264. The second-order valence-corrected chi connectivity index (χ2v) is 7.29. The molecule has 0 heterocycles. The quantitative estimate of drug-likeness (QED) is 0.867. The van der Waals surface area contributed by atoms with Crippen molar-refractivity contribution >= 4 is 22.4 Å². The van der Waals surface area contributed by atoms with Gasteiger partial charge in [-0.25, -0.2) is 8.42 Å². The molecular formula is C17H23ClN2O2S. The van der Waals surface area contributed by atoms with Crippen LogP contribution in [0.2, 0.25) is 0 Å². The van der Waals surface area contributed by atoms with Crippen molar-refractivity contribution in [1.29, 1.82) is 0 Å². The Morgan fingerprint density at radius 3 is 2.30 bits per heavy atom. The number of nitrogens with zero attached hydrogens (tertiary/aromatic N) is 1. The van der Waals surface area contributed by atoms with E-state index in [4.69, 9.17) is 5.73 Å². The topological polar surface area (TPSA) is 63.4 Å². The van der Waals surface area contributed by atoms with E-state index < -0.39 is 10.0 Å². The third-order valence-corrected chi connectivity index (χ3v) is 5.53. The first-order valence-electron chi connectivity index (χ1n) is 7.26. The highest BCUT2D eigenvalue weighted by atomic mass is 35.5. The minimum absolute atomic E-state index is 0. The summed E-state index contributed by atoms with van der Waals surface area (Å²) >= 11 is 0. The first-order valence-corrected chi connectivity index (χ1v) is 8.70. The van der Waals surface area contributed by atoms with Gasteiger partial charge in [0.25, 0.3) is 0 Å². The third-order valence-electron chi connectivity index (χ3n) is 3.54. The van der Waals surface area contributed by atoms with Gasteiger partial charge in [-0.05, 0) is 36.6 Å². The predicted molar refractivity (Wildman–Crippen MR) is 96.3 cm³/mol. The number of sulfonamides is 1. The Morgan fingerprint density at radius 2 is 1.70 bits per heavy atom. The van der Waals surface area contributed by atoms with Gasteiger partial charge in [-0.15, -0.1) is 12.4 Å². The molecule has 0 unspecified atom stereocenters. The molecule has 0 amide bonds. The SMILES string of the molecule is Cc1ccc(C)c(S(=O)(=O)N(CCN)Cc2ccccc2)c1.Cl. The lowest BCUT2D eigenvalue weighted by molar-refractivity contribution is 0.413. The van der Waals surface area contributed by atoms with E-state index in [0.29, 0.717) is 18.0 Å². The maximum Gasteiger partial charge on any atom is 0.243 e. The average molecular weight is 355 g/mol. The highest BCUT2D eigenvalue weighted by molar-refractivity contribution is 7.89. The van der Waals surface area contributed by atoms with E-state index in [1.807, 2.05) is 56.3 Å². The molecule has 0 atom stereocenters. The second kappa shape index (κ2) is 8.45. The van der Waals surface area contributed by atoms with Crippen molar-refractivity contribution < 1.29 is 8.42 Å². The number of halogens is 1. The second-order valence-electron chi connectivity index (χ2n) is 5.38. The number of rotatable bonds is 6. The van der Waals surface area contributed by atoms with E-state index in [1.54, 1.807) is 6.07 Å². The number of hydrogen-bond acceptors (Lipinski definition) is 3. The van der Waals surface area contributed by atoms with Crippen LogP contribution in [0.25, 0.3) is 0 Å². The largest absolute Gasteiger partial charge is 0.329 e. The Labute approximate surface area is 144 Å². The normalized spacial score (nSPS) is 11.3. The molecular weight excluding hydrogens is 332 g/mol. The van der Waals surface area contributed by atoms with Crippen LogP contribution in [0.4, 0.5) is 0 Å². The zero-order valence-corrected chi connectivity index (χ0v) is 15.0. The van der Waals surface area contributed by atoms with Gasteiger partial charge in [0.05, 0.1) is 4.90 Å². The van der Waals surface area contributed by atoms with Gasteiger partial charge in [-0.3, -0.25) is 0 Å². The van der Waals surface area contributed by atoms with Crippen LogP contribution in [0.3, 0.4) is 0 Å². The third kappa shape index (κ3) is 4.78. The Morgan fingerprint density at radius 1 is 1.04 bits per heavy atom. The van der Waals surface area contributed by atoms with Crippen molar-refractivity contribution in [3.05, 3.63) is 65.2 Å². The minimum atomic E-state index is -3.56. The Kier molecular flexibility index (Phi) is 7.22. The van der Waals surface area contributed by atoms with Crippen LogP contribution in [0.5, 0.6) is 0 Å². The first kappa shape index (κ1) is 19.6. The smallest absolute Gasteiger partial charge is 0.243 e. The lowest BCUT2D eigenvalue weighted by Crippen LogP contribution is -2.35. The summed E-state index contributed by atoms with van der Waals surface area (Å²) in [5.41, 5.74) is 8.25. The molecule has 0 fully saturated rings. The van der Waals surface area contributed by atoms with E-state index >= 15 is 0 Å². The summed E-state index contributed by atoms with van der Waals surface area (Å²) in [5, 5.41) is 0. The van der Waals surface area contributed by atoms with E-state index in [9.17, 15) is 8.42 Å². The van der Waals surface area contributed by atoms with E-state index in [0.717, 1.165) is 16.7 Å². The highest BCUT2D eigenvalue weighted by Crippen LogP contribution is 2.22. The number of hydrogen-bond donors (Lipinski definition) is 1. The van der Waals surface area contributed by atoms with Gasteiger partial charge in [0.15, 0.2) is 0 Å². The van der Waals surface area contributed by atoms with Gasteiger partial charge < -0.3 is 5.73 Å². The van der Waals surface area contributed by atoms with Crippen LogP contribution in [0, 0.1) is 13.8 Å². The van der Waals surface area contributed by atoms with Crippen LogP contribution in [-0.2, 0) is 16.6 Å². The zero-order chi connectivity index (χ0) is 16.2. The van der Waals surface area contributed by atoms with Crippen LogP contribution >= 0.6 is 12.4 Å². The summed E-state index contributed by atoms with van der Waals surface area (Å²) in [7, 11) is -3.56. The van der Waals surface area contributed by atoms with Crippen molar-refractivity contribution in [3.63, 3.8) is 0 Å². The molecule has 0 bridgehead atoms. The summed E-state index contributed by atoms with van der Waals surface area (Å²) < 4.78 is 27.4. The maximum absolute atomic E-state index is 13.0. The van der Waals surface area contributed by atoms with Crippen molar-refractivity contribution in [2.75, 3.05) is 13.1 Å². The van der Waals surface area contributed by atoms with E-state index in [1.165, 1.54) is 4.31 Å². The van der Waals surface area contributed by atoms with Crippen LogP contribution in [0.1, 0.15) is 16.7 Å². The summed E-state index contributed by atoms with van der Waals surface area (Å²) in [6.45, 7) is 4.62. The van der Waals surface area contributed by atoms with Crippen LogP contribution in [-0.4, -0.2) is 25.8 Å². The molecule has 4 nitrogen and oxygen atoms in total. The lowest BCUT2D eigenvalue weighted by atomic mass is 10.2. The summed E-state index contributed by atoms with van der Waals surface area (Å²) in [5.74, 6) is 0. The number of nitrogens with two attached hydrogens (primary N) is 1. The summed E-state index contributed by atoms with van der Waals surface area (Å²) in [4.78, 5) is 0.358. The molecule has 0 aliphatic rings. The van der Waals surface area contributed by atoms with Gasteiger partial charge >= 0.3 is 0 Å². The lowest BCUT2D eigenvalue weighted by Gasteiger charge is -2.23. The fraction of sp³-hybridized carbons (Fsp3) is 0.294. The molecule has 0 spiro atoms. The van der Waals surface area contributed by atoms with Crippen LogP contribution in [0.15, 0.2) is 53.4 Å². The van der Waals surface area contributed by atoms with E-state index in [-0.39, 0.29) is 19.0 Å². The molecule has 0 aliphatic carbocycles. The summed E-state index contributed by atoms with van der Waals surface area (Å²) in [6, 6.07) is 15.0. The summed E-state index contributed by atoms with van der Waals surface area (Å²) in [6.07, 6.45) is 0. The molecule has 2 aromatic rings. The highest BCUT2D eigenvalue weighted by Gasteiger charge is 2.25. The van der Waals surface area contributed by atoms with Crippen molar-refractivity contribution in [1.82, 2.24) is 4.31 Å². The van der Waals surface area contributed by atoms with Crippen molar-refractivity contribution in [2.24, 2.45) is 5.73 Å². The van der Waals surface area contributed by atoms with Gasteiger partial charge in [0, 0.05) is 19.6 Å². The van der Waals surface area contributed by atoms with Gasteiger partial charge in [0.1, 0.15) is 0 Å². The molecule has 0 aromatic heterocycles. The molecule has 0 radical (unpaired) electrons. The maximum atomic E-state index is 13.0. The van der Waals surface area contributed by atoms with E-state index in [2.05, 4.69) is 0 Å². The van der Waals surface area contributed by atoms with Crippen molar-refractivity contribution in [3.8, 4) is 0 Å².